The number of rotatable bonds is 3. The highest BCUT2D eigenvalue weighted by molar-refractivity contribution is 6.30. The minimum absolute atomic E-state index is 0.110. The molecule has 0 amide bonds. The van der Waals surface area contributed by atoms with E-state index in [9.17, 15) is 10.4 Å². The fourth-order valence-electron chi connectivity index (χ4n) is 3.12. The van der Waals surface area contributed by atoms with Gasteiger partial charge in [-0.3, -0.25) is 4.68 Å². The Labute approximate surface area is 134 Å². The predicted molar refractivity (Wildman–Crippen MR) is 84.9 cm³/mol. The number of benzene rings is 1. The molecular weight excluding hydrogens is 300 g/mol. The smallest absolute Gasteiger partial charge is 0.101 e. The molecule has 1 fully saturated rings. The van der Waals surface area contributed by atoms with Crippen molar-refractivity contribution in [1.82, 2.24) is 9.78 Å². The van der Waals surface area contributed by atoms with E-state index < -0.39 is 0 Å². The third-order valence-electron chi connectivity index (χ3n) is 4.25. The molecule has 22 heavy (non-hydrogen) atoms. The molecule has 0 unspecified atom stereocenters. The first kappa shape index (κ1) is 14.9. The van der Waals surface area contributed by atoms with Crippen LogP contribution in [0.3, 0.4) is 0 Å². The van der Waals surface area contributed by atoms with E-state index in [1.54, 1.807) is 16.8 Å². The second-order valence-electron chi connectivity index (χ2n) is 5.67. The molecule has 0 spiro atoms. The molecule has 5 nitrogen and oxygen atoms in total. The van der Waals surface area contributed by atoms with Crippen LogP contribution >= 0.6 is 11.6 Å². The number of hydrogen-bond acceptors (Lipinski definition) is 4. The van der Waals surface area contributed by atoms with Crippen molar-refractivity contribution in [1.29, 1.82) is 5.26 Å². The summed E-state index contributed by atoms with van der Waals surface area (Å²) in [5.41, 5.74) is 2.55. The second-order valence-corrected chi connectivity index (χ2v) is 6.11. The molecule has 6 heteroatoms. The van der Waals surface area contributed by atoms with Gasteiger partial charge in [0, 0.05) is 49.8 Å². The minimum atomic E-state index is 0.110. The van der Waals surface area contributed by atoms with Gasteiger partial charge in [0.05, 0.1) is 17.4 Å². The summed E-state index contributed by atoms with van der Waals surface area (Å²) in [4.78, 5) is 2.13. The van der Waals surface area contributed by atoms with Crippen molar-refractivity contribution in [3.8, 4) is 6.07 Å². The van der Waals surface area contributed by atoms with Gasteiger partial charge in [-0.2, -0.15) is 10.4 Å². The van der Waals surface area contributed by atoms with Crippen LogP contribution in [0.15, 0.2) is 30.6 Å². The number of aryl methyl sites for hydroxylation is 1. The molecule has 1 aliphatic heterocycles. The maximum Gasteiger partial charge on any atom is 0.101 e. The monoisotopic (exact) mass is 316 g/mol. The molecule has 114 valence electrons. The van der Waals surface area contributed by atoms with E-state index in [-0.39, 0.29) is 18.4 Å². The molecule has 2 aromatic rings. The molecule has 0 saturated carbocycles. The Bertz CT molecular complexity index is 721. The Balaban J connectivity index is 1.92. The van der Waals surface area contributed by atoms with Crippen LogP contribution in [-0.4, -0.2) is 34.6 Å². The largest absolute Gasteiger partial charge is 0.396 e. The van der Waals surface area contributed by atoms with Crippen LogP contribution in [0.2, 0.25) is 5.02 Å². The fraction of sp³-hybridized carbons (Fsp3) is 0.375. The number of aliphatic hydroxyl groups is 1. The van der Waals surface area contributed by atoms with Crippen molar-refractivity contribution in [3.05, 3.63) is 46.7 Å². The number of halogens is 1. The third kappa shape index (κ3) is 2.68. The molecule has 3 rings (SSSR count). The molecule has 1 aromatic heterocycles. The summed E-state index contributed by atoms with van der Waals surface area (Å²) in [5.74, 6) is 0.318. The lowest BCUT2D eigenvalue weighted by molar-refractivity contribution is 0.227. The summed E-state index contributed by atoms with van der Waals surface area (Å²) in [6, 6.07) is 7.49. The quantitative estimate of drug-likeness (QED) is 0.942. The van der Waals surface area contributed by atoms with Crippen molar-refractivity contribution in [2.24, 2.45) is 13.0 Å². The number of nitriles is 1. The highest BCUT2D eigenvalue weighted by atomic mass is 35.5. The number of anilines is 1. The first-order chi connectivity index (χ1) is 10.6. The van der Waals surface area contributed by atoms with Gasteiger partial charge in [-0.05, 0) is 23.8 Å². The van der Waals surface area contributed by atoms with Gasteiger partial charge in [0.25, 0.3) is 0 Å². The molecule has 0 aliphatic carbocycles. The topological polar surface area (TPSA) is 65.1 Å². The van der Waals surface area contributed by atoms with E-state index >= 15 is 0 Å². The minimum Gasteiger partial charge on any atom is -0.396 e. The number of aliphatic hydroxyl groups excluding tert-OH is 1. The van der Waals surface area contributed by atoms with Crippen molar-refractivity contribution >= 4 is 17.3 Å². The van der Waals surface area contributed by atoms with Crippen molar-refractivity contribution in [2.75, 3.05) is 24.6 Å². The van der Waals surface area contributed by atoms with E-state index in [1.807, 2.05) is 25.5 Å². The van der Waals surface area contributed by atoms with Gasteiger partial charge in [0.1, 0.15) is 6.07 Å². The van der Waals surface area contributed by atoms with Crippen LogP contribution in [0.4, 0.5) is 5.69 Å². The summed E-state index contributed by atoms with van der Waals surface area (Å²) in [6.45, 7) is 1.55. The number of aromatic nitrogens is 2. The Morgan fingerprint density at radius 3 is 2.91 bits per heavy atom. The maximum atomic E-state index is 9.71. The highest BCUT2D eigenvalue weighted by Crippen LogP contribution is 2.37. The van der Waals surface area contributed by atoms with Crippen LogP contribution in [0.5, 0.6) is 0 Å². The van der Waals surface area contributed by atoms with E-state index in [1.165, 1.54) is 0 Å². The van der Waals surface area contributed by atoms with Crippen LogP contribution in [0.1, 0.15) is 17.0 Å². The standard InChI is InChI=1S/C16H17ClN4O/c1-20-7-12(6-19-20)15-9-21(8-13(15)10-22)16-4-14(17)3-2-11(16)5-18/h2-4,6-7,13,15,22H,8-10H2,1H3/t13-,15-/m0/s1. The molecular formula is C16H17ClN4O. The van der Waals surface area contributed by atoms with Crippen molar-refractivity contribution in [3.63, 3.8) is 0 Å². The van der Waals surface area contributed by atoms with Crippen LogP contribution in [-0.2, 0) is 7.05 Å². The number of hydrogen-bond donors (Lipinski definition) is 1. The zero-order chi connectivity index (χ0) is 15.7. The van der Waals surface area contributed by atoms with Crippen LogP contribution in [0.25, 0.3) is 0 Å². The molecule has 1 aliphatic rings. The first-order valence-corrected chi connectivity index (χ1v) is 7.54. The molecule has 0 radical (unpaired) electrons. The van der Waals surface area contributed by atoms with Gasteiger partial charge in [-0.25, -0.2) is 0 Å². The summed E-state index contributed by atoms with van der Waals surface area (Å²) in [6.07, 6.45) is 3.83. The molecule has 1 aromatic carbocycles. The van der Waals surface area contributed by atoms with Gasteiger partial charge < -0.3 is 10.0 Å². The average molecular weight is 317 g/mol. The molecule has 1 N–H and O–H groups in total. The predicted octanol–water partition coefficient (Wildman–Crippen LogP) is 2.16. The molecule has 1 saturated heterocycles. The molecule has 0 bridgehead atoms. The normalized spacial score (nSPS) is 21.1. The van der Waals surface area contributed by atoms with Crippen LogP contribution in [0, 0.1) is 17.2 Å². The van der Waals surface area contributed by atoms with Gasteiger partial charge >= 0.3 is 0 Å². The van der Waals surface area contributed by atoms with E-state index in [0.717, 1.165) is 17.8 Å². The Hall–Kier alpha value is -2.03. The third-order valence-corrected chi connectivity index (χ3v) is 4.48. The lowest BCUT2D eigenvalue weighted by Gasteiger charge is -2.20. The maximum absolute atomic E-state index is 9.71. The Morgan fingerprint density at radius 2 is 2.27 bits per heavy atom. The van der Waals surface area contributed by atoms with Gasteiger partial charge in [-0.1, -0.05) is 11.6 Å². The van der Waals surface area contributed by atoms with Gasteiger partial charge in [-0.15, -0.1) is 0 Å². The number of nitrogens with zero attached hydrogens (tertiary/aromatic N) is 4. The highest BCUT2D eigenvalue weighted by Gasteiger charge is 2.35. The molecule has 2 heterocycles. The van der Waals surface area contributed by atoms with E-state index in [2.05, 4.69) is 16.1 Å². The molecule has 2 atom stereocenters. The Kier molecular flexibility index (Phi) is 4.06. The first-order valence-electron chi connectivity index (χ1n) is 7.16. The van der Waals surface area contributed by atoms with Crippen molar-refractivity contribution < 1.29 is 5.11 Å². The summed E-state index contributed by atoms with van der Waals surface area (Å²) in [7, 11) is 1.88. The van der Waals surface area contributed by atoms with Gasteiger partial charge in [0.15, 0.2) is 0 Å². The lowest BCUT2D eigenvalue weighted by atomic mass is 9.92. The zero-order valence-corrected chi connectivity index (χ0v) is 13.0. The summed E-state index contributed by atoms with van der Waals surface area (Å²) >= 11 is 6.08. The second kappa shape index (κ2) is 5.99. The lowest BCUT2D eigenvalue weighted by Crippen LogP contribution is -2.21. The van der Waals surface area contributed by atoms with E-state index in [0.29, 0.717) is 17.1 Å². The van der Waals surface area contributed by atoms with Gasteiger partial charge in [0.2, 0.25) is 0 Å². The zero-order valence-electron chi connectivity index (χ0n) is 12.3. The van der Waals surface area contributed by atoms with E-state index in [4.69, 9.17) is 11.6 Å². The Morgan fingerprint density at radius 1 is 1.45 bits per heavy atom. The fourth-order valence-corrected chi connectivity index (χ4v) is 3.29. The van der Waals surface area contributed by atoms with Crippen molar-refractivity contribution in [2.45, 2.75) is 5.92 Å². The summed E-state index contributed by atoms with van der Waals surface area (Å²) < 4.78 is 1.77. The summed E-state index contributed by atoms with van der Waals surface area (Å²) in [5, 5.41) is 23.8. The van der Waals surface area contributed by atoms with Crippen LogP contribution < -0.4 is 4.90 Å². The average Bonchev–Trinajstić information content (AvgIpc) is 3.12. The SMILES string of the molecule is Cn1cc([C@@H]2CN(c3cc(Cl)ccc3C#N)C[C@H]2CO)cn1.